The smallest absolute Gasteiger partial charge is 0.366 e. The fourth-order valence-electron chi connectivity index (χ4n) is 2.92. The van der Waals surface area contributed by atoms with Crippen molar-refractivity contribution in [2.24, 2.45) is 5.73 Å². The van der Waals surface area contributed by atoms with Crippen LogP contribution in [-0.4, -0.2) is 35.0 Å². The maximum Gasteiger partial charge on any atom is 0.421 e. The van der Waals surface area contributed by atoms with Gasteiger partial charge in [-0.25, -0.2) is 18.4 Å². The average Bonchev–Trinajstić information content (AvgIpc) is 2.78. The summed E-state index contributed by atoms with van der Waals surface area (Å²) in [6.07, 6.45) is -2.73. The van der Waals surface area contributed by atoms with Gasteiger partial charge in [0.15, 0.2) is 0 Å². The number of pyridine rings is 1. The van der Waals surface area contributed by atoms with Crippen LogP contribution >= 0.6 is 0 Å². The van der Waals surface area contributed by atoms with Crippen LogP contribution in [0.4, 0.5) is 36.4 Å². The summed E-state index contributed by atoms with van der Waals surface area (Å²) in [6.45, 7) is 2.92. The number of carbonyl (C=O) groups is 1. The number of rotatable bonds is 9. The van der Waals surface area contributed by atoms with Crippen LogP contribution in [-0.2, 0) is 22.7 Å². The molecule has 2 heterocycles. The molecule has 186 valence electrons. The molecule has 0 saturated heterocycles. The summed E-state index contributed by atoms with van der Waals surface area (Å²) in [5, 5.41) is 5.39. The zero-order valence-electron chi connectivity index (χ0n) is 18.6. The van der Waals surface area contributed by atoms with E-state index in [0.717, 1.165) is 0 Å². The number of halogens is 3. The zero-order valence-corrected chi connectivity index (χ0v) is 19.5. The lowest BCUT2D eigenvalue weighted by Gasteiger charge is -2.17. The first kappa shape index (κ1) is 25.7. The lowest BCUT2D eigenvalue weighted by Crippen LogP contribution is -2.19. The number of hydrogen-bond acceptors (Lipinski definition) is 8. The molecule has 1 amide bonds. The van der Waals surface area contributed by atoms with Crippen LogP contribution in [0, 0.1) is 6.92 Å². The Kier molecular flexibility index (Phi) is 7.43. The quantitative estimate of drug-likeness (QED) is 0.342. The second-order valence-corrected chi connectivity index (χ2v) is 9.35. The minimum atomic E-state index is -4.75. The van der Waals surface area contributed by atoms with Crippen LogP contribution < -0.4 is 21.1 Å². The van der Waals surface area contributed by atoms with Gasteiger partial charge in [0.1, 0.15) is 17.2 Å². The van der Waals surface area contributed by atoms with Gasteiger partial charge in [0.2, 0.25) is 21.9 Å². The van der Waals surface area contributed by atoms with Crippen molar-refractivity contribution in [1.82, 2.24) is 15.0 Å². The summed E-state index contributed by atoms with van der Waals surface area (Å²) >= 11 is 0. The summed E-state index contributed by atoms with van der Waals surface area (Å²) in [4.78, 5) is 22.9. The summed E-state index contributed by atoms with van der Waals surface area (Å²) in [5.74, 6) is -1.47. The minimum absolute atomic E-state index is 0.00912. The molecule has 0 aliphatic rings. The van der Waals surface area contributed by atoms with Crippen molar-refractivity contribution in [3.8, 4) is 0 Å². The molecule has 5 N–H and O–H groups in total. The lowest BCUT2D eigenvalue weighted by atomic mass is 10.1. The highest BCUT2D eigenvalue weighted by Crippen LogP contribution is 2.34. The van der Waals surface area contributed by atoms with Crippen LogP contribution in [0.25, 0.3) is 0 Å². The summed E-state index contributed by atoms with van der Waals surface area (Å²) in [5.41, 5.74) is 5.73. The highest BCUT2D eigenvalue weighted by atomic mass is 32.2. The first-order chi connectivity index (χ1) is 16.4. The number of nitrogens with zero attached hydrogens (tertiary/aromatic N) is 3. The third-order valence-corrected chi connectivity index (χ3v) is 6.14. The van der Waals surface area contributed by atoms with Crippen LogP contribution in [0.15, 0.2) is 42.7 Å². The standard InChI is InChI=1S/C21H22F3N7O3S/c1-3-35(33,34)31-18-15(12(2)8-9-26-18)10-27-19-16(21(22,23)24)11-28-20(30-19)29-14-6-4-13(5-7-14)17(25)32/h4-9,11H,3,10H2,1-2H3,(H2,25,32)(H,26,31)(H2,27,28,29,30). The summed E-state index contributed by atoms with van der Waals surface area (Å²) in [6, 6.07) is 7.49. The molecular formula is C21H22F3N7O3S. The monoisotopic (exact) mass is 509 g/mol. The molecule has 0 saturated carbocycles. The first-order valence-corrected chi connectivity index (χ1v) is 11.8. The topological polar surface area (TPSA) is 152 Å². The predicted octanol–water partition coefficient (Wildman–Crippen LogP) is 3.42. The molecule has 0 aliphatic heterocycles. The molecule has 14 heteroatoms. The van der Waals surface area contributed by atoms with E-state index < -0.39 is 33.5 Å². The molecule has 0 atom stereocenters. The molecule has 3 rings (SSSR count). The number of nitrogens with one attached hydrogen (secondary N) is 3. The van der Waals surface area contributed by atoms with Gasteiger partial charge in [-0.05, 0) is 49.7 Å². The molecule has 0 aliphatic carbocycles. The van der Waals surface area contributed by atoms with Gasteiger partial charge < -0.3 is 16.4 Å². The number of carbonyl (C=O) groups excluding carboxylic acids is 1. The van der Waals surface area contributed by atoms with Crippen molar-refractivity contribution < 1.29 is 26.4 Å². The van der Waals surface area contributed by atoms with Crippen molar-refractivity contribution in [2.45, 2.75) is 26.6 Å². The molecule has 10 nitrogen and oxygen atoms in total. The van der Waals surface area contributed by atoms with E-state index >= 15 is 0 Å². The summed E-state index contributed by atoms with van der Waals surface area (Å²) in [7, 11) is -3.66. The SMILES string of the molecule is CCS(=O)(=O)Nc1nccc(C)c1CNc1nc(Nc2ccc(C(N)=O)cc2)ncc1C(F)(F)F. The number of aryl methyl sites for hydroxylation is 1. The fourth-order valence-corrected chi connectivity index (χ4v) is 3.54. The Labute approximate surface area is 199 Å². The Bertz CT molecular complexity index is 1330. The van der Waals surface area contributed by atoms with Gasteiger partial charge in [0.05, 0.1) is 5.75 Å². The zero-order chi connectivity index (χ0) is 25.8. The Morgan fingerprint density at radius 3 is 2.37 bits per heavy atom. The van der Waals surface area contributed by atoms with Crippen molar-refractivity contribution in [1.29, 1.82) is 0 Å². The van der Waals surface area contributed by atoms with Gasteiger partial charge in [-0.3, -0.25) is 9.52 Å². The average molecular weight is 510 g/mol. The largest absolute Gasteiger partial charge is 0.421 e. The number of primary amides is 1. The van der Waals surface area contributed by atoms with E-state index in [1.807, 2.05) is 0 Å². The van der Waals surface area contributed by atoms with Crippen LogP contribution in [0.2, 0.25) is 0 Å². The number of hydrogen-bond donors (Lipinski definition) is 4. The van der Waals surface area contributed by atoms with Crippen molar-refractivity contribution in [3.63, 3.8) is 0 Å². The molecule has 35 heavy (non-hydrogen) atoms. The van der Waals surface area contributed by atoms with E-state index in [0.29, 0.717) is 23.0 Å². The molecular weight excluding hydrogens is 487 g/mol. The Balaban J connectivity index is 1.90. The van der Waals surface area contributed by atoms with E-state index in [1.165, 1.54) is 37.4 Å². The minimum Gasteiger partial charge on any atom is -0.366 e. The van der Waals surface area contributed by atoms with Crippen molar-refractivity contribution >= 4 is 39.2 Å². The molecule has 0 spiro atoms. The number of sulfonamides is 1. The van der Waals surface area contributed by atoms with E-state index in [2.05, 4.69) is 30.3 Å². The maximum atomic E-state index is 13.6. The number of alkyl halides is 3. The molecule has 3 aromatic rings. The highest BCUT2D eigenvalue weighted by Gasteiger charge is 2.35. The number of anilines is 4. The predicted molar refractivity (Wildman–Crippen MR) is 125 cm³/mol. The third kappa shape index (κ3) is 6.56. The second-order valence-electron chi connectivity index (χ2n) is 7.33. The van der Waals surface area contributed by atoms with Gasteiger partial charge in [0.25, 0.3) is 0 Å². The number of amides is 1. The Hall–Kier alpha value is -3.94. The molecule has 2 aromatic heterocycles. The van der Waals surface area contributed by atoms with E-state index in [-0.39, 0.29) is 29.6 Å². The fraction of sp³-hybridized carbons (Fsp3) is 0.238. The van der Waals surface area contributed by atoms with E-state index in [9.17, 15) is 26.4 Å². The molecule has 0 unspecified atom stereocenters. The van der Waals surface area contributed by atoms with Crippen molar-refractivity contribution in [2.75, 3.05) is 21.1 Å². The van der Waals surface area contributed by atoms with Crippen molar-refractivity contribution in [3.05, 3.63) is 65.0 Å². The number of nitrogens with two attached hydrogens (primary N) is 1. The molecule has 1 aromatic carbocycles. The first-order valence-electron chi connectivity index (χ1n) is 10.2. The Morgan fingerprint density at radius 2 is 1.77 bits per heavy atom. The maximum absolute atomic E-state index is 13.6. The normalized spacial score (nSPS) is 11.7. The molecule has 0 fully saturated rings. The van der Waals surface area contributed by atoms with Crippen LogP contribution in [0.5, 0.6) is 0 Å². The molecule has 0 bridgehead atoms. The Morgan fingerprint density at radius 1 is 1.09 bits per heavy atom. The lowest BCUT2D eigenvalue weighted by molar-refractivity contribution is -0.137. The molecule has 0 radical (unpaired) electrons. The second kappa shape index (κ2) is 10.1. The summed E-state index contributed by atoms with van der Waals surface area (Å²) < 4.78 is 67.1. The van der Waals surface area contributed by atoms with Gasteiger partial charge >= 0.3 is 6.18 Å². The van der Waals surface area contributed by atoms with E-state index in [4.69, 9.17) is 5.73 Å². The van der Waals surface area contributed by atoms with Gasteiger partial charge in [0, 0.05) is 35.8 Å². The van der Waals surface area contributed by atoms with E-state index in [1.54, 1.807) is 13.0 Å². The van der Waals surface area contributed by atoms with Gasteiger partial charge in [-0.1, -0.05) is 0 Å². The van der Waals surface area contributed by atoms with Gasteiger partial charge in [-0.15, -0.1) is 0 Å². The van der Waals surface area contributed by atoms with Crippen LogP contribution in [0.3, 0.4) is 0 Å². The third-order valence-electron chi connectivity index (χ3n) is 4.87. The van der Waals surface area contributed by atoms with Gasteiger partial charge in [-0.2, -0.15) is 18.2 Å². The van der Waals surface area contributed by atoms with Crippen LogP contribution in [0.1, 0.15) is 34.0 Å². The highest BCUT2D eigenvalue weighted by molar-refractivity contribution is 7.92. The number of benzene rings is 1. The number of aromatic nitrogens is 3.